The third kappa shape index (κ3) is 4.51. The van der Waals surface area contributed by atoms with Crippen LogP contribution in [-0.2, 0) is 21.3 Å². The largest absolute Gasteiger partial charge is 0.448 e. The molecule has 0 saturated carbocycles. The molecule has 0 bridgehead atoms. The van der Waals surface area contributed by atoms with Gasteiger partial charge in [0.15, 0.2) is 0 Å². The van der Waals surface area contributed by atoms with Crippen molar-refractivity contribution in [2.45, 2.75) is 18.4 Å². The van der Waals surface area contributed by atoms with Gasteiger partial charge in [0.05, 0.1) is 4.90 Å². The van der Waals surface area contributed by atoms with Crippen LogP contribution >= 0.6 is 0 Å². The summed E-state index contributed by atoms with van der Waals surface area (Å²) in [5.41, 5.74) is 11.6. The predicted molar refractivity (Wildman–Crippen MR) is 69.8 cm³/mol. The van der Waals surface area contributed by atoms with Crippen LogP contribution in [0.3, 0.4) is 0 Å². The Morgan fingerprint density at radius 2 is 2.11 bits per heavy atom. The highest BCUT2D eigenvalue weighted by Gasteiger charge is 2.16. The van der Waals surface area contributed by atoms with E-state index >= 15 is 0 Å². The molecular weight excluding hydrogens is 270 g/mol. The van der Waals surface area contributed by atoms with E-state index in [-0.39, 0.29) is 24.6 Å². The molecule has 0 saturated heterocycles. The third-order valence-electron chi connectivity index (χ3n) is 2.42. The summed E-state index contributed by atoms with van der Waals surface area (Å²) in [4.78, 5) is 10.5. The standard InChI is InChI=1S/C11H17N3O4S/c1-8-2-3-9(7-12)6-10(8)19(16,17)14-4-5-18-11(13)15/h2-3,6,14H,4-5,7,12H2,1H3,(H2,13,15). The van der Waals surface area contributed by atoms with Crippen LogP contribution in [0.25, 0.3) is 0 Å². The molecule has 0 unspecified atom stereocenters. The van der Waals surface area contributed by atoms with Crippen molar-refractivity contribution in [3.8, 4) is 0 Å². The number of primary amides is 1. The predicted octanol–water partition coefficient (Wildman–Crippen LogP) is -0.173. The summed E-state index contributed by atoms with van der Waals surface area (Å²) in [5, 5.41) is 0. The van der Waals surface area contributed by atoms with Crippen LogP contribution < -0.4 is 16.2 Å². The quantitative estimate of drug-likeness (QED) is 0.626. The van der Waals surface area contributed by atoms with Gasteiger partial charge in [0, 0.05) is 13.1 Å². The number of benzene rings is 1. The van der Waals surface area contributed by atoms with Gasteiger partial charge in [-0.3, -0.25) is 0 Å². The maximum Gasteiger partial charge on any atom is 0.404 e. The van der Waals surface area contributed by atoms with E-state index < -0.39 is 16.1 Å². The molecular formula is C11H17N3O4S. The molecule has 7 nitrogen and oxygen atoms in total. The van der Waals surface area contributed by atoms with E-state index in [1.165, 1.54) is 6.07 Å². The molecule has 1 aromatic carbocycles. The highest BCUT2D eigenvalue weighted by molar-refractivity contribution is 7.89. The first-order valence-corrected chi connectivity index (χ1v) is 7.06. The van der Waals surface area contributed by atoms with Crippen molar-refractivity contribution < 1.29 is 17.9 Å². The number of rotatable bonds is 6. The molecule has 0 aliphatic carbocycles. The lowest BCUT2D eigenvalue weighted by molar-refractivity contribution is 0.159. The lowest BCUT2D eigenvalue weighted by Gasteiger charge is -2.10. The summed E-state index contributed by atoms with van der Waals surface area (Å²) in [7, 11) is -3.66. The third-order valence-corrected chi connectivity index (χ3v) is 4.02. The zero-order valence-corrected chi connectivity index (χ0v) is 11.4. The van der Waals surface area contributed by atoms with Gasteiger partial charge < -0.3 is 16.2 Å². The summed E-state index contributed by atoms with van der Waals surface area (Å²) in [6.45, 7) is 1.78. The number of carbonyl (C=O) groups is 1. The van der Waals surface area contributed by atoms with Crippen molar-refractivity contribution in [2.75, 3.05) is 13.2 Å². The van der Waals surface area contributed by atoms with Crippen LogP contribution in [-0.4, -0.2) is 27.7 Å². The summed E-state index contributed by atoms with van der Waals surface area (Å²) in [5.74, 6) is 0. The molecule has 106 valence electrons. The number of hydrogen-bond acceptors (Lipinski definition) is 5. The van der Waals surface area contributed by atoms with E-state index in [0.717, 1.165) is 5.56 Å². The summed E-state index contributed by atoms with van der Waals surface area (Å²) in [6, 6.07) is 4.98. The molecule has 0 aromatic heterocycles. The first kappa shape index (κ1) is 15.4. The molecule has 0 aliphatic heterocycles. The molecule has 8 heteroatoms. The van der Waals surface area contributed by atoms with Crippen LogP contribution in [0.4, 0.5) is 4.79 Å². The SMILES string of the molecule is Cc1ccc(CN)cc1S(=O)(=O)NCCOC(N)=O. The Bertz CT molecular complexity index is 557. The van der Waals surface area contributed by atoms with Gasteiger partial charge in [-0.25, -0.2) is 17.9 Å². The minimum atomic E-state index is -3.66. The van der Waals surface area contributed by atoms with Crippen LogP contribution in [0.15, 0.2) is 23.1 Å². The number of aryl methyl sites for hydroxylation is 1. The molecule has 1 amide bonds. The highest BCUT2D eigenvalue weighted by Crippen LogP contribution is 2.16. The van der Waals surface area contributed by atoms with Crippen molar-refractivity contribution in [3.05, 3.63) is 29.3 Å². The van der Waals surface area contributed by atoms with Gasteiger partial charge in [-0.15, -0.1) is 0 Å². The average molecular weight is 287 g/mol. The van der Waals surface area contributed by atoms with Crippen molar-refractivity contribution in [1.29, 1.82) is 0 Å². The molecule has 1 rings (SSSR count). The van der Waals surface area contributed by atoms with Crippen molar-refractivity contribution in [1.82, 2.24) is 4.72 Å². The molecule has 1 aromatic rings. The Balaban J connectivity index is 2.79. The fourth-order valence-corrected chi connectivity index (χ4v) is 2.77. The second-order valence-electron chi connectivity index (χ2n) is 3.87. The number of carbonyl (C=O) groups excluding carboxylic acids is 1. The Morgan fingerprint density at radius 1 is 1.42 bits per heavy atom. The number of ether oxygens (including phenoxy) is 1. The Kier molecular flexibility index (Phi) is 5.28. The number of amides is 1. The van der Waals surface area contributed by atoms with Gasteiger partial charge in [-0.05, 0) is 24.1 Å². The van der Waals surface area contributed by atoms with Gasteiger partial charge >= 0.3 is 6.09 Å². The van der Waals surface area contributed by atoms with Crippen molar-refractivity contribution in [3.63, 3.8) is 0 Å². The molecule has 5 N–H and O–H groups in total. The highest BCUT2D eigenvalue weighted by atomic mass is 32.2. The van der Waals surface area contributed by atoms with Gasteiger partial charge in [-0.2, -0.15) is 0 Å². The second-order valence-corrected chi connectivity index (χ2v) is 5.60. The Morgan fingerprint density at radius 3 is 2.68 bits per heavy atom. The van der Waals surface area contributed by atoms with E-state index in [4.69, 9.17) is 11.5 Å². The topological polar surface area (TPSA) is 125 Å². The second kappa shape index (κ2) is 6.50. The summed E-state index contributed by atoms with van der Waals surface area (Å²) >= 11 is 0. The maximum absolute atomic E-state index is 12.0. The van der Waals surface area contributed by atoms with Crippen molar-refractivity contribution >= 4 is 16.1 Å². The fraction of sp³-hybridized carbons (Fsp3) is 0.364. The number of nitrogens with two attached hydrogens (primary N) is 2. The summed E-state index contributed by atoms with van der Waals surface area (Å²) in [6.07, 6.45) is -0.944. The van der Waals surface area contributed by atoms with E-state index in [1.54, 1.807) is 19.1 Å². The maximum atomic E-state index is 12.0. The first-order chi connectivity index (χ1) is 8.86. The molecule has 0 aliphatic rings. The minimum absolute atomic E-state index is 0.0441. The molecule has 0 fully saturated rings. The van der Waals surface area contributed by atoms with Crippen LogP contribution in [0.5, 0.6) is 0 Å². The van der Waals surface area contributed by atoms with Gasteiger partial charge in [0.2, 0.25) is 10.0 Å². The van der Waals surface area contributed by atoms with E-state index in [1.807, 2.05) is 0 Å². The van der Waals surface area contributed by atoms with E-state index in [0.29, 0.717) is 5.56 Å². The van der Waals surface area contributed by atoms with Crippen LogP contribution in [0.1, 0.15) is 11.1 Å². The molecule has 0 radical (unpaired) electrons. The minimum Gasteiger partial charge on any atom is -0.448 e. The molecule has 0 heterocycles. The number of sulfonamides is 1. The summed E-state index contributed by atoms with van der Waals surface area (Å²) < 4.78 is 30.8. The zero-order chi connectivity index (χ0) is 14.5. The zero-order valence-electron chi connectivity index (χ0n) is 10.5. The normalized spacial score (nSPS) is 11.3. The van der Waals surface area contributed by atoms with Crippen LogP contribution in [0.2, 0.25) is 0 Å². The Labute approximate surface area is 112 Å². The lowest BCUT2D eigenvalue weighted by atomic mass is 10.1. The van der Waals surface area contributed by atoms with Gasteiger partial charge in [0.1, 0.15) is 6.61 Å². The number of hydrogen-bond donors (Lipinski definition) is 3. The fourth-order valence-electron chi connectivity index (χ4n) is 1.47. The van der Waals surface area contributed by atoms with Gasteiger partial charge in [0.25, 0.3) is 0 Å². The molecule has 0 spiro atoms. The monoisotopic (exact) mass is 287 g/mol. The number of nitrogens with one attached hydrogen (secondary N) is 1. The van der Waals surface area contributed by atoms with E-state index in [9.17, 15) is 13.2 Å². The molecule has 0 atom stereocenters. The van der Waals surface area contributed by atoms with Crippen LogP contribution in [0, 0.1) is 6.92 Å². The molecule has 19 heavy (non-hydrogen) atoms. The first-order valence-electron chi connectivity index (χ1n) is 5.58. The smallest absolute Gasteiger partial charge is 0.404 e. The van der Waals surface area contributed by atoms with Gasteiger partial charge in [-0.1, -0.05) is 12.1 Å². The van der Waals surface area contributed by atoms with E-state index in [2.05, 4.69) is 9.46 Å². The lowest BCUT2D eigenvalue weighted by Crippen LogP contribution is -2.29. The Hall–Kier alpha value is -1.64. The van der Waals surface area contributed by atoms with Crippen molar-refractivity contribution in [2.24, 2.45) is 11.5 Å². The average Bonchev–Trinajstić information content (AvgIpc) is 2.35.